The van der Waals surface area contributed by atoms with E-state index in [1.165, 1.54) is 11.1 Å². The van der Waals surface area contributed by atoms with Crippen molar-refractivity contribution in [3.8, 4) is 11.5 Å². The highest BCUT2D eigenvalue weighted by Crippen LogP contribution is 2.34. The predicted octanol–water partition coefficient (Wildman–Crippen LogP) is 5.82. The Morgan fingerprint density at radius 1 is 1.00 bits per heavy atom. The summed E-state index contributed by atoms with van der Waals surface area (Å²) in [5.41, 5.74) is 3.62. The second kappa shape index (κ2) is 5.88. The van der Waals surface area contributed by atoms with Crippen molar-refractivity contribution in [2.24, 2.45) is 0 Å². The Hall–Kier alpha value is -1.47. The number of aryl methyl sites for hydroxylation is 1. The molecule has 2 aromatic rings. The summed E-state index contributed by atoms with van der Waals surface area (Å²) in [6, 6.07) is 14.2. The van der Waals surface area contributed by atoms with Crippen molar-refractivity contribution in [3.63, 3.8) is 0 Å². The van der Waals surface area contributed by atoms with Crippen LogP contribution in [0.2, 0.25) is 0 Å². The third-order valence-corrected chi connectivity index (χ3v) is 3.56. The fourth-order valence-corrected chi connectivity index (χ4v) is 2.27. The summed E-state index contributed by atoms with van der Waals surface area (Å²) in [7, 11) is 0. The third kappa shape index (κ3) is 3.55. The van der Waals surface area contributed by atoms with Gasteiger partial charge in [-0.1, -0.05) is 50.6 Å². The van der Waals surface area contributed by atoms with Crippen LogP contribution in [0.5, 0.6) is 11.5 Å². The highest BCUT2D eigenvalue weighted by Gasteiger charge is 2.19. The minimum Gasteiger partial charge on any atom is -0.457 e. The monoisotopic (exact) mass is 288 g/mol. The Morgan fingerprint density at radius 2 is 1.65 bits per heavy atom. The fourth-order valence-electron chi connectivity index (χ4n) is 2.09. The molecule has 0 radical (unpaired) electrons. The molecule has 0 aromatic heterocycles. The van der Waals surface area contributed by atoms with E-state index in [0.717, 1.165) is 17.1 Å². The molecule has 0 amide bonds. The average molecular weight is 289 g/mol. The molecule has 20 heavy (non-hydrogen) atoms. The molecule has 0 aliphatic heterocycles. The van der Waals surface area contributed by atoms with Gasteiger partial charge < -0.3 is 4.74 Å². The molecule has 1 nitrogen and oxygen atoms in total. The van der Waals surface area contributed by atoms with E-state index < -0.39 is 0 Å². The average Bonchev–Trinajstić information content (AvgIpc) is 2.40. The van der Waals surface area contributed by atoms with Crippen LogP contribution in [0.3, 0.4) is 0 Å². The molecular weight excluding hydrogens is 268 g/mol. The lowest BCUT2D eigenvalue weighted by atomic mass is 9.85. The van der Waals surface area contributed by atoms with Gasteiger partial charge in [-0.15, -0.1) is 11.6 Å². The zero-order chi connectivity index (χ0) is 14.8. The van der Waals surface area contributed by atoms with Gasteiger partial charge in [-0.3, -0.25) is 0 Å². The molecule has 0 N–H and O–H groups in total. The van der Waals surface area contributed by atoms with Gasteiger partial charge in [0.2, 0.25) is 0 Å². The van der Waals surface area contributed by atoms with Crippen molar-refractivity contribution in [1.82, 2.24) is 0 Å². The maximum atomic E-state index is 6.05. The van der Waals surface area contributed by atoms with Crippen LogP contribution in [0.1, 0.15) is 37.5 Å². The molecule has 2 aromatic carbocycles. The van der Waals surface area contributed by atoms with Crippen LogP contribution in [-0.2, 0) is 11.3 Å². The molecule has 0 atom stereocenters. The summed E-state index contributed by atoms with van der Waals surface area (Å²) >= 11 is 5.80. The summed E-state index contributed by atoms with van der Waals surface area (Å²) < 4.78 is 6.05. The maximum absolute atomic E-state index is 6.05. The first-order valence-corrected chi connectivity index (χ1v) is 7.37. The number of hydrogen-bond donors (Lipinski definition) is 0. The summed E-state index contributed by atoms with van der Waals surface area (Å²) in [6.45, 7) is 8.70. The smallest absolute Gasteiger partial charge is 0.131 e. The van der Waals surface area contributed by atoms with E-state index in [9.17, 15) is 0 Å². The van der Waals surface area contributed by atoms with Crippen LogP contribution in [0.4, 0.5) is 0 Å². The SMILES string of the molecule is Cc1ccc(Oc2ccc(CCl)cc2)c(C(C)(C)C)c1. The molecule has 0 saturated carbocycles. The van der Waals surface area contributed by atoms with Crippen molar-refractivity contribution in [3.05, 3.63) is 59.2 Å². The van der Waals surface area contributed by atoms with Crippen LogP contribution in [0.25, 0.3) is 0 Å². The molecule has 0 fully saturated rings. The van der Waals surface area contributed by atoms with Crippen LogP contribution in [-0.4, -0.2) is 0 Å². The molecule has 2 heteroatoms. The van der Waals surface area contributed by atoms with Gasteiger partial charge in [-0.25, -0.2) is 0 Å². The van der Waals surface area contributed by atoms with Crippen molar-refractivity contribution in [2.45, 2.75) is 39.0 Å². The molecule has 0 aliphatic carbocycles. The normalized spacial score (nSPS) is 11.4. The van der Waals surface area contributed by atoms with Crippen LogP contribution in [0, 0.1) is 6.92 Å². The van der Waals surface area contributed by atoms with Crippen molar-refractivity contribution in [2.75, 3.05) is 0 Å². The van der Waals surface area contributed by atoms with Gasteiger partial charge in [0.25, 0.3) is 0 Å². The maximum Gasteiger partial charge on any atom is 0.131 e. The van der Waals surface area contributed by atoms with E-state index in [1.54, 1.807) is 0 Å². The summed E-state index contributed by atoms with van der Waals surface area (Å²) in [5, 5.41) is 0. The lowest BCUT2D eigenvalue weighted by molar-refractivity contribution is 0.455. The zero-order valence-electron chi connectivity index (χ0n) is 12.5. The highest BCUT2D eigenvalue weighted by atomic mass is 35.5. The van der Waals surface area contributed by atoms with Gasteiger partial charge in [0.05, 0.1) is 0 Å². The van der Waals surface area contributed by atoms with Crippen molar-refractivity contribution in [1.29, 1.82) is 0 Å². The van der Waals surface area contributed by atoms with Gasteiger partial charge in [-0.2, -0.15) is 0 Å². The van der Waals surface area contributed by atoms with Crippen LogP contribution < -0.4 is 4.74 Å². The first-order valence-electron chi connectivity index (χ1n) is 6.84. The Balaban J connectivity index is 2.32. The summed E-state index contributed by atoms with van der Waals surface area (Å²) in [5.74, 6) is 2.29. The molecule has 0 spiro atoms. The molecule has 2 rings (SSSR count). The zero-order valence-corrected chi connectivity index (χ0v) is 13.3. The minimum atomic E-state index is 0.0530. The van der Waals surface area contributed by atoms with Crippen LogP contribution >= 0.6 is 11.6 Å². The fraction of sp³-hybridized carbons (Fsp3) is 0.333. The van der Waals surface area contributed by atoms with E-state index in [4.69, 9.17) is 16.3 Å². The first-order chi connectivity index (χ1) is 9.40. The molecular formula is C18H21ClO. The van der Waals surface area contributed by atoms with E-state index in [2.05, 4.69) is 39.8 Å². The first kappa shape index (κ1) is 14.9. The summed E-state index contributed by atoms with van der Waals surface area (Å²) in [6.07, 6.45) is 0. The van der Waals surface area contributed by atoms with Gasteiger partial charge in [-0.05, 0) is 36.1 Å². The second-order valence-corrected chi connectivity index (χ2v) is 6.40. The van der Waals surface area contributed by atoms with E-state index >= 15 is 0 Å². The lowest BCUT2D eigenvalue weighted by Gasteiger charge is -2.23. The molecule has 0 unspecified atom stereocenters. The highest BCUT2D eigenvalue weighted by molar-refractivity contribution is 6.17. The number of benzene rings is 2. The standard InChI is InChI=1S/C18H21ClO/c1-13-5-10-17(16(11-13)18(2,3)4)20-15-8-6-14(12-19)7-9-15/h5-11H,12H2,1-4H3. The number of rotatable bonds is 3. The predicted molar refractivity (Wildman–Crippen MR) is 86.0 cm³/mol. The van der Waals surface area contributed by atoms with E-state index in [-0.39, 0.29) is 5.41 Å². The van der Waals surface area contributed by atoms with E-state index in [1.807, 2.05) is 30.3 Å². The topological polar surface area (TPSA) is 9.23 Å². The van der Waals surface area contributed by atoms with Gasteiger partial charge in [0, 0.05) is 11.4 Å². The van der Waals surface area contributed by atoms with Crippen molar-refractivity contribution >= 4 is 11.6 Å². The molecule has 106 valence electrons. The summed E-state index contributed by atoms with van der Waals surface area (Å²) in [4.78, 5) is 0. The van der Waals surface area contributed by atoms with Gasteiger partial charge in [0.15, 0.2) is 0 Å². The number of halogens is 1. The van der Waals surface area contributed by atoms with Gasteiger partial charge in [0.1, 0.15) is 11.5 Å². The Labute approximate surface area is 126 Å². The number of alkyl halides is 1. The van der Waals surface area contributed by atoms with E-state index in [0.29, 0.717) is 5.88 Å². The third-order valence-electron chi connectivity index (χ3n) is 3.25. The number of hydrogen-bond acceptors (Lipinski definition) is 1. The lowest BCUT2D eigenvalue weighted by Crippen LogP contribution is -2.12. The van der Waals surface area contributed by atoms with Gasteiger partial charge >= 0.3 is 0 Å². The molecule has 0 heterocycles. The quantitative estimate of drug-likeness (QED) is 0.646. The molecule has 0 bridgehead atoms. The molecule has 0 aliphatic rings. The second-order valence-electron chi connectivity index (χ2n) is 6.13. The van der Waals surface area contributed by atoms with Crippen molar-refractivity contribution < 1.29 is 4.74 Å². The number of ether oxygens (including phenoxy) is 1. The minimum absolute atomic E-state index is 0.0530. The Bertz CT molecular complexity index is 579. The largest absolute Gasteiger partial charge is 0.457 e. The molecule has 0 saturated heterocycles. The van der Waals surface area contributed by atoms with Crippen LogP contribution in [0.15, 0.2) is 42.5 Å². The Kier molecular flexibility index (Phi) is 4.39. The Morgan fingerprint density at radius 3 is 2.20 bits per heavy atom.